The molecule has 1 aromatic rings. The highest BCUT2D eigenvalue weighted by Crippen LogP contribution is 2.15. The van der Waals surface area contributed by atoms with E-state index in [1.54, 1.807) is 12.1 Å². The van der Waals surface area contributed by atoms with E-state index < -0.39 is 19.6 Å². The Morgan fingerprint density at radius 3 is 2.69 bits per heavy atom. The molecule has 0 aliphatic heterocycles. The van der Waals surface area contributed by atoms with Crippen molar-refractivity contribution >= 4 is 0 Å². The summed E-state index contributed by atoms with van der Waals surface area (Å²) < 4.78 is 44.1. The third kappa shape index (κ3) is 4.66. The highest BCUT2D eigenvalue weighted by atomic mass is 19.4. The Morgan fingerprint density at radius 2 is 2.06 bits per heavy atom. The van der Waals surface area contributed by atoms with Crippen LogP contribution in [0.4, 0.5) is 13.2 Å². The first kappa shape index (κ1) is 12.3. The summed E-state index contributed by atoms with van der Waals surface area (Å²) in [5.74, 6) is 0.293. The summed E-state index contributed by atoms with van der Waals surface area (Å²) in [5.41, 5.74) is 0.369. The molecule has 1 aromatic carbocycles. The molecule has 0 unspecified atom stereocenters. The van der Waals surface area contributed by atoms with Crippen molar-refractivity contribution < 1.29 is 22.6 Å². The van der Waals surface area contributed by atoms with Crippen molar-refractivity contribution in [3.63, 3.8) is 0 Å². The topological polar surface area (TPSA) is 42.2 Å². The third-order valence-corrected chi connectivity index (χ3v) is 1.54. The van der Waals surface area contributed by atoms with E-state index in [1.165, 1.54) is 12.1 Å². The van der Waals surface area contributed by atoms with E-state index >= 15 is 0 Å². The first-order valence-electron chi connectivity index (χ1n) is 4.29. The molecule has 0 radical (unpaired) electrons. The highest BCUT2D eigenvalue weighted by Gasteiger charge is 2.27. The van der Waals surface area contributed by atoms with Crippen LogP contribution in [0.3, 0.4) is 0 Å². The number of halogens is 3. The molecule has 0 saturated carbocycles. The quantitative estimate of drug-likeness (QED) is 0.590. The molecule has 6 heteroatoms. The number of benzene rings is 1. The fraction of sp³-hybridized carbons (Fsp3) is 0.300. The van der Waals surface area contributed by atoms with E-state index in [4.69, 9.17) is 10.00 Å². The van der Waals surface area contributed by atoms with E-state index in [2.05, 4.69) is 4.74 Å². The molecule has 0 aliphatic carbocycles. The van der Waals surface area contributed by atoms with Crippen molar-refractivity contribution in [1.29, 1.82) is 5.26 Å². The molecule has 16 heavy (non-hydrogen) atoms. The van der Waals surface area contributed by atoms with Crippen molar-refractivity contribution in [1.82, 2.24) is 0 Å². The van der Waals surface area contributed by atoms with E-state index in [9.17, 15) is 13.2 Å². The fourth-order valence-electron chi connectivity index (χ4n) is 0.923. The Bertz CT molecular complexity index is 384. The number of hydrogen-bond acceptors (Lipinski definition) is 3. The minimum Gasteiger partial charge on any atom is -0.468 e. The average Bonchev–Trinajstić information content (AvgIpc) is 2.23. The number of nitriles is 1. The zero-order valence-corrected chi connectivity index (χ0v) is 8.12. The maximum atomic E-state index is 11.7. The monoisotopic (exact) mass is 231 g/mol. The molecule has 86 valence electrons. The maximum Gasteiger partial charge on any atom is 0.411 e. The van der Waals surface area contributed by atoms with E-state index in [0.29, 0.717) is 11.3 Å². The first-order chi connectivity index (χ1) is 7.51. The summed E-state index contributed by atoms with van der Waals surface area (Å²) in [6, 6.07) is 7.95. The summed E-state index contributed by atoms with van der Waals surface area (Å²) >= 11 is 0. The van der Waals surface area contributed by atoms with Gasteiger partial charge in [-0.15, -0.1) is 0 Å². The molecule has 0 fully saturated rings. The predicted octanol–water partition coefficient (Wildman–Crippen LogP) is 2.47. The van der Waals surface area contributed by atoms with Gasteiger partial charge in [-0.25, -0.2) is 0 Å². The van der Waals surface area contributed by atoms with Crippen LogP contribution in [0.15, 0.2) is 24.3 Å². The summed E-state index contributed by atoms with van der Waals surface area (Å²) in [6.45, 7) is -1.86. The summed E-state index contributed by atoms with van der Waals surface area (Å²) in [7, 11) is 0. The van der Waals surface area contributed by atoms with Gasteiger partial charge in [0.15, 0.2) is 6.79 Å². The van der Waals surface area contributed by atoms with Crippen LogP contribution in [0.25, 0.3) is 0 Å². The lowest BCUT2D eigenvalue weighted by molar-refractivity contribution is -0.186. The van der Waals surface area contributed by atoms with Crippen molar-refractivity contribution in [2.45, 2.75) is 6.18 Å². The van der Waals surface area contributed by atoms with Gasteiger partial charge in [0.25, 0.3) is 0 Å². The van der Waals surface area contributed by atoms with Crippen LogP contribution in [0.1, 0.15) is 5.56 Å². The Labute approximate surface area is 90.0 Å². The summed E-state index contributed by atoms with van der Waals surface area (Å²) in [4.78, 5) is 0. The van der Waals surface area contributed by atoms with Gasteiger partial charge in [-0.3, -0.25) is 0 Å². The molecule has 0 atom stereocenters. The lowest BCUT2D eigenvalue weighted by atomic mass is 10.2. The van der Waals surface area contributed by atoms with Crippen molar-refractivity contribution in [3.05, 3.63) is 29.8 Å². The maximum absolute atomic E-state index is 11.7. The lowest BCUT2D eigenvalue weighted by Crippen LogP contribution is -2.19. The Morgan fingerprint density at radius 1 is 1.31 bits per heavy atom. The number of nitrogens with zero attached hydrogens (tertiary/aromatic N) is 1. The first-order valence-corrected chi connectivity index (χ1v) is 4.29. The predicted molar refractivity (Wildman–Crippen MR) is 48.7 cm³/mol. The smallest absolute Gasteiger partial charge is 0.411 e. The molecule has 0 saturated heterocycles. The number of alkyl halides is 3. The van der Waals surface area contributed by atoms with Crippen LogP contribution in [0, 0.1) is 11.3 Å². The van der Waals surface area contributed by atoms with Crippen LogP contribution in [0.5, 0.6) is 5.75 Å². The molecule has 0 aromatic heterocycles. The van der Waals surface area contributed by atoms with Crippen molar-refractivity contribution in [2.75, 3.05) is 13.4 Å². The van der Waals surface area contributed by atoms with Gasteiger partial charge in [0.1, 0.15) is 12.4 Å². The van der Waals surface area contributed by atoms with Crippen LogP contribution < -0.4 is 4.74 Å². The second kappa shape index (κ2) is 5.37. The van der Waals surface area contributed by atoms with Crippen molar-refractivity contribution in [3.8, 4) is 11.8 Å². The van der Waals surface area contributed by atoms with E-state index in [0.717, 1.165) is 0 Å². The van der Waals surface area contributed by atoms with Gasteiger partial charge in [0.2, 0.25) is 0 Å². The Kier molecular flexibility index (Phi) is 4.14. The largest absolute Gasteiger partial charge is 0.468 e. The molecule has 0 N–H and O–H groups in total. The Hall–Kier alpha value is -1.74. The van der Waals surface area contributed by atoms with Gasteiger partial charge in [0, 0.05) is 0 Å². The van der Waals surface area contributed by atoms with Gasteiger partial charge >= 0.3 is 6.18 Å². The van der Waals surface area contributed by atoms with Crippen LogP contribution in [0.2, 0.25) is 0 Å². The van der Waals surface area contributed by atoms with Gasteiger partial charge < -0.3 is 9.47 Å². The molecule has 0 bridgehead atoms. The van der Waals surface area contributed by atoms with E-state index in [1.807, 2.05) is 6.07 Å². The molecular formula is C10H8F3NO2. The van der Waals surface area contributed by atoms with Crippen LogP contribution >= 0.6 is 0 Å². The number of ether oxygens (including phenoxy) is 2. The van der Waals surface area contributed by atoms with Gasteiger partial charge in [-0.1, -0.05) is 6.07 Å². The van der Waals surface area contributed by atoms with Crippen molar-refractivity contribution in [2.24, 2.45) is 0 Å². The second-order valence-corrected chi connectivity index (χ2v) is 2.87. The van der Waals surface area contributed by atoms with Gasteiger partial charge in [-0.2, -0.15) is 18.4 Å². The molecule has 0 spiro atoms. The fourth-order valence-corrected chi connectivity index (χ4v) is 0.923. The zero-order chi connectivity index (χ0) is 12.0. The SMILES string of the molecule is N#Cc1cccc(OCOCC(F)(F)F)c1. The van der Waals surface area contributed by atoms with Gasteiger partial charge in [0.05, 0.1) is 11.6 Å². The minimum absolute atomic E-state index is 0.293. The van der Waals surface area contributed by atoms with Gasteiger partial charge in [-0.05, 0) is 18.2 Å². The minimum atomic E-state index is -4.36. The van der Waals surface area contributed by atoms with Crippen LogP contribution in [-0.4, -0.2) is 19.6 Å². The molecule has 0 aliphatic rings. The molecule has 3 nitrogen and oxygen atoms in total. The molecule has 0 heterocycles. The number of hydrogen-bond donors (Lipinski definition) is 0. The zero-order valence-electron chi connectivity index (χ0n) is 8.12. The normalized spacial score (nSPS) is 10.9. The standard InChI is InChI=1S/C10H8F3NO2/c11-10(12,13)6-15-7-16-9-3-1-2-8(4-9)5-14/h1-4H,6-7H2. The Balaban J connectivity index is 2.35. The number of rotatable bonds is 4. The third-order valence-electron chi connectivity index (χ3n) is 1.54. The molecule has 1 rings (SSSR count). The summed E-state index contributed by atoms with van der Waals surface area (Å²) in [5, 5.41) is 8.55. The van der Waals surface area contributed by atoms with Crippen LogP contribution in [-0.2, 0) is 4.74 Å². The van der Waals surface area contributed by atoms with E-state index in [-0.39, 0.29) is 0 Å². The molecular weight excluding hydrogens is 223 g/mol. The average molecular weight is 231 g/mol. The second-order valence-electron chi connectivity index (χ2n) is 2.87. The highest BCUT2D eigenvalue weighted by molar-refractivity contribution is 5.35. The molecule has 0 amide bonds. The summed E-state index contributed by atoms with van der Waals surface area (Å²) in [6.07, 6.45) is -4.36. The lowest BCUT2D eigenvalue weighted by Gasteiger charge is -2.09.